The predicted molar refractivity (Wildman–Crippen MR) is 118 cm³/mol. The Morgan fingerprint density at radius 1 is 0.935 bits per heavy atom. The van der Waals surface area contributed by atoms with Gasteiger partial charge in [-0.15, -0.1) is 0 Å². The van der Waals surface area contributed by atoms with E-state index in [-0.39, 0.29) is 17.9 Å². The maximum absolute atomic E-state index is 13.4. The molecule has 8 heteroatoms. The molecule has 0 bridgehead atoms. The first kappa shape index (κ1) is 22.6. The van der Waals surface area contributed by atoms with Gasteiger partial charge >= 0.3 is 5.97 Å². The monoisotopic (exact) mass is 443 g/mol. The van der Waals surface area contributed by atoms with Gasteiger partial charge in [0.05, 0.1) is 38.2 Å². The number of rotatable bonds is 9. The molecule has 31 heavy (non-hydrogen) atoms. The first-order valence-electron chi connectivity index (χ1n) is 9.77. The summed E-state index contributed by atoms with van der Waals surface area (Å²) in [4.78, 5) is 12.3. The number of methoxy groups -OCH3 is 2. The maximum atomic E-state index is 13.4. The zero-order valence-electron chi connectivity index (χ0n) is 17.6. The quantitative estimate of drug-likeness (QED) is 0.506. The van der Waals surface area contributed by atoms with Crippen LogP contribution in [0.3, 0.4) is 0 Å². The Balaban J connectivity index is 2.01. The van der Waals surface area contributed by atoms with Crippen molar-refractivity contribution in [2.75, 3.05) is 20.8 Å². The number of hydrogen-bond acceptors (Lipinski definition) is 6. The molecular weight excluding hydrogens is 418 g/mol. The molecule has 0 aromatic heterocycles. The normalized spacial score (nSPS) is 12.4. The van der Waals surface area contributed by atoms with Gasteiger partial charge in [-0.3, -0.25) is 4.79 Å². The average molecular weight is 444 g/mol. The molecule has 7 nitrogen and oxygen atoms in total. The molecule has 0 amide bonds. The fraction of sp³-hybridized carbons (Fsp3) is 0.261. The van der Waals surface area contributed by atoms with Crippen molar-refractivity contribution in [3.8, 4) is 11.5 Å². The summed E-state index contributed by atoms with van der Waals surface area (Å²) in [6.07, 6.45) is -0.145. The van der Waals surface area contributed by atoms with Gasteiger partial charge in [-0.25, -0.2) is 13.1 Å². The molecule has 0 heterocycles. The predicted octanol–water partition coefficient (Wildman–Crippen LogP) is 3.83. The van der Waals surface area contributed by atoms with Crippen LogP contribution in [0, 0.1) is 0 Å². The summed E-state index contributed by atoms with van der Waals surface area (Å²) in [6.45, 7) is 1.91. The van der Waals surface area contributed by atoms with Crippen LogP contribution in [0.25, 0.3) is 10.8 Å². The van der Waals surface area contributed by atoms with E-state index in [0.29, 0.717) is 27.8 Å². The molecule has 0 aliphatic rings. The average Bonchev–Trinajstić information content (AvgIpc) is 2.78. The number of carbonyl (C=O) groups excluding carboxylic acids is 1. The first-order valence-corrected chi connectivity index (χ1v) is 11.3. The van der Waals surface area contributed by atoms with Gasteiger partial charge in [0, 0.05) is 10.8 Å². The van der Waals surface area contributed by atoms with Gasteiger partial charge in [0.2, 0.25) is 10.0 Å². The van der Waals surface area contributed by atoms with Gasteiger partial charge in [0.15, 0.2) is 0 Å². The van der Waals surface area contributed by atoms with Crippen LogP contribution in [0.5, 0.6) is 11.5 Å². The summed E-state index contributed by atoms with van der Waals surface area (Å²) in [5.41, 5.74) is 0.621. The van der Waals surface area contributed by atoms with E-state index in [9.17, 15) is 13.2 Å². The lowest BCUT2D eigenvalue weighted by molar-refractivity contribution is -0.143. The highest BCUT2D eigenvalue weighted by Gasteiger charge is 2.26. The van der Waals surface area contributed by atoms with Crippen LogP contribution in [0.1, 0.15) is 24.9 Å². The van der Waals surface area contributed by atoms with Crippen LogP contribution >= 0.6 is 0 Å². The number of benzene rings is 3. The van der Waals surface area contributed by atoms with Gasteiger partial charge in [-0.05, 0) is 36.8 Å². The highest BCUT2D eigenvalue weighted by molar-refractivity contribution is 7.89. The number of ether oxygens (including phenoxy) is 3. The van der Waals surface area contributed by atoms with Crippen molar-refractivity contribution in [2.45, 2.75) is 24.3 Å². The number of hydrogen-bond donors (Lipinski definition) is 1. The third-order valence-electron chi connectivity index (χ3n) is 4.85. The first-order chi connectivity index (χ1) is 14.9. The molecule has 3 rings (SSSR count). The summed E-state index contributed by atoms with van der Waals surface area (Å²) in [5.74, 6) is 0.709. The number of nitrogens with one attached hydrogen (secondary N) is 1. The second-order valence-electron chi connectivity index (χ2n) is 6.77. The molecule has 0 spiro atoms. The lowest BCUT2D eigenvalue weighted by atomic mass is 10.0. The van der Waals surface area contributed by atoms with Crippen molar-refractivity contribution < 1.29 is 27.4 Å². The van der Waals surface area contributed by atoms with Gasteiger partial charge in [0.25, 0.3) is 0 Å². The zero-order valence-corrected chi connectivity index (χ0v) is 18.4. The molecule has 0 unspecified atom stereocenters. The zero-order chi connectivity index (χ0) is 22.4. The van der Waals surface area contributed by atoms with Gasteiger partial charge < -0.3 is 14.2 Å². The molecule has 1 atom stereocenters. The molecule has 3 aromatic rings. The highest BCUT2D eigenvalue weighted by atomic mass is 32.2. The minimum Gasteiger partial charge on any atom is -0.497 e. The van der Waals surface area contributed by atoms with Crippen molar-refractivity contribution in [1.82, 2.24) is 4.72 Å². The molecule has 0 fully saturated rings. The summed E-state index contributed by atoms with van der Waals surface area (Å²) in [6, 6.07) is 16.3. The van der Waals surface area contributed by atoms with Crippen molar-refractivity contribution >= 4 is 26.8 Å². The van der Waals surface area contributed by atoms with Crippen LogP contribution in [-0.4, -0.2) is 35.2 Å². The fourth-order valence-corrected chi connectivity index (χ4v) is 4.79. The van der Waals surface area contributed by atoms with Crippen LogP contribution in [0.15, 0.2) is 65.6 Å². The lowest BCUT2D eigenvalue weighted by Crippen LogP contribution is -2.31. The summed E-state index contributed by atoms with van der Waals surface area (Å²) in [5, 5.41) is 1.21. The van der Waals surface area contributed by atoms with E-state index in [1.165, 1.54) is 13.2 Å². The Hall–Kier alpha value is -3.10. The second kappa shape index (κ2) is 9.80. The van der Waals surface area contributed by atoms with E-state index in [1.807, 2.05) is 6.07 Å². The van der Waals surface area contributed by atoms with E-state index in [1.54, 1.807) is 62.6 Å². The molecule has 164 valence electrons. The SMILES string of the molecule is CCOC(=O)C[C@H](NS(=O)(=O)c1ccc(OC)c2ccccc12)c1ccc(OC)cc1. The lowest BCUT2D eigenvalue weighted by Gasteiger charge is -2.20. The third kappa shape index (κ3) is 5.15. The Labute approximate surface area is 182 Å². The molecule has 0 radical (unpaired) electrons. The molecular formula is C23H25NO6S. The smallest absolute Gasteiger partial charge is 0.307 e. The van der Waals surface area contributed by atoms with Crippen molar-refractivity contribution in [3.63, 3.8) is 0 Å². The van der Waals surface area contributed by atoms with Gasteiger partial charge in [-0.2, -0.15) is 0 Å². The Morgan fingerprint density at radius 3 is 2.23 bits per heavy atom. The van der Waals surface area contributed by atoms with Crippen LogP contribution < -0.4 is 14.2 Å². The van der Waals surface area contributed by atoms with Crippen LogP contribution in [-0.2, 0) is 19.6 Å². The van der Waals surface area contributed by atoms with Crippen molar-refractivity contribution in [3.05, 3.63) is 66.2 Å². The molecule has 3 aromatic carbocycles. The fourth-order valence-electron chi connectivity index (χ4n) is 3.36. The number of carbonyl (C=O) groups is 1. The van der Waals surface area contributed by atoms with E-state index in [0.717, 1.165) is 0 Å². The number of fused-ring (bicyclic) bond motifs is 1. The summed E-state index contributed by atoms with van der Waals surface area (Å²) < 4.78 is 45.0. The molecule has 1 N–H and O–H groups in total. The van der Waals surface area contributed by atoms with E-state index in [2.05, 4.69) is 4.72 Å². The topological polar surface area (TPSA) is 90.9 Å². The molecule has 0 aliphatic heterocycles. The van der Waals surface area contributed by atoms with Crippen molar-refractivity contribution in [2.24, 2.45) is 0 Å². The largest absolute Gasteiger partial charge is 0.497 e. The minimum absolute atomic E-state index is 0.103. The standard InChI is InChI=1S/C23H25NO6S/c1-4-30-23(25)15-20(16-9-11-17(28-2)12-10-16)24-31(26,27)22-14-13-21(29-3)18-7-5-6-8-19(18)22/h5-14,20,24H,4,15H2,1-3H3/t20-/m0/s1. The highest BCUT2D eigenvalue weighted by Crippen LogP contribution is 2.32. The summed E-state index contributed by atoms with van der Waals surface area (Å²) in [7, 11) is -0.901. The molecule has 0 saturated heterocycles. The molecule has 0 saturated carbocycles. The number of sulfonamides is 1. The van der Waals surface area contributed by atoms with Gasteiger partial charge in [-0.1, -0.05) is 36.4 Å². The third-order valence-corrected chi connectivity index (χ3v) is 6.38. The van der Waals surface area contributed by atoms with Gasteiger partial charge in [0.1, 0.15) is 11.5 Å². The number of esters is 1. The summed E-state index contributed by atoms with van der Waals surface area (Å²) >= 11 is 0. The van der Waals surface area contributed by atoms with Crippen LogP contribution in [0.2, 0.25) is 0 Å². The second-order valence-corrected chi connectivity index (χ2v) is 8.45. The molecule has 0 aliphatic carbocycles. The van der Waals surface area contributed by atoms with E-state index in [4.69, 9.17) is 14.2 Å². The van der Waals surface area contributed by atoms with Crippen molar-refractivity contribution in [1.29, 1.82) is 0 Å². The Bertz CT molecular complexity index is 1160. The Kier molecular flexibility index (Phi) is 7.14. The minimum atomic E-state index is -3.98. The maximum Gasteiger partial charge on any atom is 0.307 e. The Morgan fingerprint density at radius 2 is 1.61 bits per heavy atom. The van der Waals surface area contributed by atoms with E-state index < -0.39 is 22.0 Å². The van der Waals surface area contributed by atoms with Crippen LogP contribution in [0.4, 0.5) is 0 Å². The van der Waals surface area contributed by atoms with E-state index >= 15 is 0 Å².